The third-order valence-electron chi connectivity index (χ3n) is 3.65. The van der Waals surface area contributed by atoms with Crippen LogP contribution in [0.3, 0.4) is 0 Å². The van der Waals surface area contributed by atoms with Gasteiger partial charge in [-0.15, -0.1) is 10.2 Å². The Hall–Kier alpha value is -0.420. The maximum Gasteiger partial charge on any atom is 0.143 e. The van der Waals surface area contributed by atoms with E-state index in [2.05, 4.69) is 37.6 Å². The first-order valence-electron chi connectivity index (χ1n) is 6.27. The van der Waals surface area contributed by atoms with E-state index in [9.17, 15) is 0 Å². The standard InChI is InChI=1S/C12H20BrN3O/c1-3-7-16-10(14-15-11(16)9-13)8-12(17-2)5-4-6-12/h3-9H2,1-2H3. The molecule has 1 aliphatic carbocycles. The average Bonchev–Trinajstić information content (AvgIpc) is 2.67. The first kappa shape index (κ1) is 13.0. The van der Waals surface area contributed by atoms with Gasteiger partial charge in [-0.3, -0.25) is 0 Å². The van der Waals surface area contributed by atoms with Crippen molar-refractivity contribution in [2.45, 2.75) is 56.5 Å². The zero-order chi connectivity index (χ0) is 12.3. The normalized spacial score (nSPS) is 18.1. The quantitative estimate of drug-likeness (QED) is 0.759. The van der Waals surface area contributed by atoms with Gasteiger partial charge in [0.1, 0.15) is 11.6 Å². The maximum atomic E-state index is 5.66. The van der Waals surface area contributed by atoms with Gasteiger partial charge < -0.3 is 9.30 Å². The van der Waals surface area contributed by atoms with Gasteiger partial charge in [0.05, 0.1) is 10.9 Å². The lowest BCUT2D eigenvalue weighted by atomic mass is 9.77. The summed E-state index contributed by atoms with van der Waals surface area (Å²) < 4.78 is 7.89. The molecule has 0 atom stereocenters. The van der Waals surface area contributed by atoms with Crippen LogP contribution in [0.1, 0.15) is 44.3 Å². The summed E-state index contributed by atoms with van der Waals surface area (Å²) in [6.45, 7) is 3.17. The van der Waals surface area contributed by atoms with E-state index in [-0.39, 0.29) is 5.60 Å². The molecule has 0 saturated heterocycles. The van der Waals surface area contributed by atoms with Crippen LogP contribution >= 0.6 is 15.9 Å². The summed E-state index contributed by atoms with van der Waals surface area (Å²) in [6, 6.07) is 0. The van der Waals surface area contributed by atoms with E-state index in [0.717, 1.165) is 49.2 Å². The van der Waals surface area contributed by atoms with Crippen LogP contribution in [0.4, 0.5) is 0 Å². The minimum Gasteiger partial charge on any atom is -0.378 e. The van der Waals surface area contributed by atoms with Crippen molar-refractivity contribution < 1.29 is 4.74 Å². The zero-order valence-corrected chi connectivity index (χ0v) is 12.2. The van der Waals surface area contributed by atoms with E-state index in [4.69, 9.17) is 4.74 Å². The van der Waals surface area contributed by atoms with Gasteiger partial charge in [-0.25, -0.2) is 0 Å². The van der Waals surface area contributed by atoms with Crippen molar-refractivity contribution in [3.8, 4) is 0 Å². The van der Waals surface area contributed by atoms with Crippen LogP contribution in [0.25, 0.3) is 0 Å². The van der Waals surface area contributed by atoms with E-state index in [1.54, 1.807) is 0 Å². The second kappa shape index (κ2) is 5.48. The molecule has 0 spiro atoms. The summed E-state index contributed by atoms with van der Waals surface area (Å²) in [6.07, 6.45) is 5.55. The average molecular weight is 302 g/mol. The summed E-state index contributed by atoms with van der Waals surface area (Å²) in [7, 11) is 1.81. The zero-order valence-electron chi connectivity index (χ0n) is 10.6. The molecule has 0 bridgehead atoms. The minimum atomic E-state index is 0.0299. The Kier molecular flexibility index (Phi) is 4.20. The summed E-state index contributed by atoms with van der Waals surface area (Å²) in [4.78, 5) is 0. The molecule has 1 fully saturated rings. The topological polar surface area (TPSA) is 39.9 Å². The number of alkyl halides is 1. The van der Waals surface area contributed by atoms with Gasteiger partial charge in [0, 0.05) is 20.1 Å². The van der Waals surface area contributed by atoms with Crippen LogP contribution in [0.15, 0.2) is 0 Å². The van der Waals surface area contributed by atoms with Crippen molar-refractivity contribution in [1.29, 1.82) is 0 Å². The molecule has 2 rings (SSSR count). The molecule has 4 nitrogen and oxygen atoms in total. The fourth-order valence-corrected chi connectivity index (χ4v) is 2.81. The molecular formula is C12H20BrN3O. The highest BCUT2D eigenvalue weighted by atomic mass is 79.9. The number of hydrogen-bond acceptors (Lipinski definition) is 3. The second-order valence-corrected chi connectivity index (χ2v) is 5.30. The molecule has 1 heterocycles. The molecule has 1 saturated carbocycles. The van der Waals surface area contributed by atoms with Crippen LogP contribution in [0, 0.1) is 0 Å². The fourth-order valence-electron chi connectivity index (χ4n) is 2.40. The second-order valence-electron chi connectivity index (χ2n) is 4.74. The van der Waals surface area contributed by atoms with Gasteiger partial charge in [0.2, 0.25) is 0 Å². The first-order chi connectivity index (χ1) is 8.24. The third kappa shape index (κ3) is 2.55. The number of aromatic nitrogens is 3. The Labute approximate surface area is 111 Å². The molecule has 0 N–H and O–H groups in total. The predicted molar refractivity (Wildman–Crippen MR) is 70.2 cm³/mol. The SMILES string of the molecule is CCCn1c(CBr)nnc1CC1(OC)CCC1. The minimum absolute atomic E-state index is 0.0299. The van der Waals surface area contributed by atoms with E-state index in [1.807, 2.05) is 7.11 Å². The lowest BCUT2D eigenvalue weighted by Crippen LogP contribution is -2.42. The number of methoxy groups -OCH3 is 1. The van der Waals surface area contributed by atoms with Crippen molar-refractivity contribution in [2.75, 3.05) is 7.11 Å². The fraction of sp³-hybridized carbons (Fsp3) is 0.833. The molecule has 0 aliphatic heterocycles. The van der Waals surface area contributed by atoms with Crippen LogP contribution in [-0.2, 0) is 23.0 Å². The molecule has 0 amide bonds. The highest BCUT2D eigenvalue weighted by molar-refractivity contribution is 9.08. The lowest BCUT2D eigenvalue weighted by molar-refractivity contribution is -0.0726. The molecule has 0 aromatic carbocycles. The van der Waals surface area contributed by atoms with E-state index in [0.29, 0.717) is 0 Å². The number of rotatable bonds is 6. The summed E-state index contributed by atoms with van der Waals surface area (Å²) in [5.41, 5.74) is 0.0299. The van der Waals surface area contributed by atoms with Gasteiger partial charge in [-0.1, -0.05) is 22.9 Å². The van der Waals surface area contributed by atoms with E-state index in [1.165, 1.54) is 6.42 Å². The highest BCUT2D eigenvalue weighted by Crippen LogP contribution is 2.37. The molecule has 1 aromatic heterocycles. The molecule has 1 aliphatic rings. The van der Waals surface area contributed by atoms with Gasteiger partial charge >= 0.3 is 0 Å². The molecule has 0 unspecified atom stereocenters. The first-order valence-corrected chi connectivity index (χ1v) is 7.39. The Balaban J connectivity index is 2.17. The molecule has 1 aromatic rings. The highest BCUT2D eigenvalue weighted by Gasteiger charge is 2.38. The lowest BCUT2D eigenvalue weighted by Gasteiger charge is -2.40. The molecule has 96 valence electrons. The predicted octanol–water partition coefficient (Wildman–Crippen LogP) is 2.69. The number of halogens is 1. The number of hydrogen-bond donors (Lipinski definition) is 0. The van der Waals surface area contributed by atoms with E-state index >= 15 is 0 Å². The van der Waals surface area contributed by atoms with Gasteiger partial charge in [0.15, 0.2) is 0 Å². The Morgan fingerprint density at radius 3 is 2.53 bits per heavy atom. The Bertz CT molecular complexity index is 368. The Morgan fingerprint density at radius 1 is 1.35 bits per heavy atom. The van der Waals surface area contributed by atoms with Crippen molar-refractivity contribution in [3.63, 3.8) is 0 Å². The largest absolute Gasteiger partial charge is 0.378 e. The monoisotopic (exact) mass is 301 g/mol. The van der Waals surface area contributed by atoms with E-state index < -0.39 is 0 Å². The van der Waals surface area contributed by atoms with Crippen LogP contribution in [0.2, 0.25) is 0 Å². The van der Waals surface area contributed by atoms with Crippen molar-refractivity contribution in [3.05, 3.63) is 11.6 Å². The third-order valence-corrected chi connectivity index (χ3v) is 4.15. The summed E-state index contributed by atoms with van der Waals surface area (Å²) >= 11 is 3.46. The van der Waals surface area contributed by atoms with Gasteiger partial charge in [-0.2, -0.15) is 0 Å². The summed E-state index contributed by atoms with van der Waals surface area (Å²) in [5.74, 6) is 2.09. The molecule has 5 heteroatoms. The Morgan fingerprint density at radius 2 is 2.06 bits per heavy atom. The molecule has 17 heavy (non-hydrogen) atoms. The van der Waals surface area contributed by atoms with Crippen LogP contribution < -0.4 is 0 Å². The number of ether oxygens (including phenoxy) is 1. The van der Waals surface area contributed by atoms with Crippen molar-refractivity contribution in [1.82, 2.24) is 14.8 Å². The van der Waals surface area contributed by atoms with Gasteiger partial charge in [0.25, 0.3) is 0 Å². The van der Waals surface area contributed by atoms with Crippen LogP contribution in [-0.4, -0.2) is 27.5 Å². The van der Waals surface area contributed by atoms with Crippen molar-refractivity contribution >= 4 is 15.9 Å². The van der Waals surface area contributed by atoms with Crippen LogP contribution in [0.5, 0.6) is 0 Å². The van der Waals surface area contributed by atoms with Gasteiger partial charge in [-0.05, 0) is 25.7 Å². The summed E-state index contributed by atoms with van der Waals surface area (Å²) in [5, 5.41) is 9.33. The van der Waals surface area contributed by atoms with Crippen molar-refractivity contribution in [2.24, 2.45) is 0 Å². The number of nitrogens with zero attached hydrogens (tertiary/aromatic N) is 3. The molecule has 0 radical (unpaired) electrons. The maximum absolute atomic E-state index is 5.66. The smallest absolute Gasteiger partial charge is 0.143 e. The molecular weight excluding hydrogens is 282 g/mol.